The second-order valence-electron chi connectivity index (χ2n) is 5.61. The van der Waals surface area contributed by atoms with Gasteiger partial charge in [-0.1, -0.05) is 12.1 Å². The van der Waals surface area contributed by atoms with E-state index in [0.717, 1.165) is 31.0 Å². The molecule has 0 amide bonds. The SMILES string of the molecule is CCn1ncc(CN[C@@H]2COc3c(cccc3OC)C2)c1C. The van der Waals surface area contributed by atoms with Crippen molar-refractivity contribution in [1.29, 1.82) is 0 Å². The summed E-state index contributed by atoms with van der Waals surface area (Å²) in [6.45, 7) is 6.61. The highest BCUT2D eigenvalue weighted by Gasteiger charge is 2.22. The van der Waals surface area contributed by atoms with Gasteiger partial charge in [0, 0.05) is 30.4 Å². The molecule has 0 spiro atoms. The number of nitrogens with one attached hydrogen (secondary N) is 1. The molecule has 1 aliphatic rings. The molecule has 0 saturated carbocycles. The molecule has 1 aromatic carbocycles. The number of aryl methyl sites for hydroxylation is 1. The standard InChI is InChI=1S/C17H23N3O2/c1-4-20-12(2)14(10-19-20)9-18-15-8-13-6-5-7-16(21-3)17(13)22-11-15/h5-7,10,15,18H,4,8-9,11H2,1-3H3/t15-/m0/s1. The van der Waals surface area contributed by atoms with E-state index in [0.29, 0.717) is 12.6 Å². The highest BCUT2D eigenvalue weighted by molar-refractivity contribution is 5.48. The van der Waals surface area contributed by atoms with Gasteiger partial charge >= 0.3 is 0 Å². The molecular weight excluding hydrogens is 278 g/mol. The summed E-state index contributed by atoms with van der Waals surface area (Å²) in [7, 11) is 1.68. The third-order valence-electron chi connectivity index (χ3n) is 4.26. The molecule has 0 fully saturated rings. The molecule has 5 nitrogen and oxygen atoms in total. The largest absolute Gasteiger partial charge is 0.493 e. The number of hydrogen-bond acceptors (Lipinski definition) is 4. The zero-order valence-electron chi connectivity index (χ0n) is 13.4. The zero-order chi connectivity index (χ0) is 15.5. The zero-order valence-corrected chi connectivity index (χ0v) is 13.4. The van der Waals surface area contributed by atoms with Crippen LogP contribution in [0.15, 0.2) is 24.4 Å². The molecule has 2 aromatic rings. The summed E-state index contributed by atoms with van der Waals surface area (Å²) in [5, 5.41) is 7.96. The van der Waals surface area contributed by atoms with Crippen molar-refractivity contribution in [2.45, 2.75) is 39.4 Å². The average molecular weight is 301 g/mol. The third kappa shape index (κ3) is 2.81. The molecule has 118 valence electrons. The van der Waals surface area contributed by atoms with Gasteiger partial charge in [0.25, 0.3) is 0 Å². The summed E-state index contributed by atoms with van der Waals surface area (Å²) in [6.07, 6.45) is 2.90. The van der Waals surface area contributed by atoms with Crippen molar-refractivity contribution in [2.75, 3.05) is 13.7 Å². The summed E-state index contributed by atoms with van der Waals surface area (Å²) < 4.78 is 13.3. The van der Waals surface area contributed by atoms with Gasteiger partial charge in [-0.05, 0) is 31.9 Å². The van der Waals surface area contributed by atoms with Gasteiger partial charge < -0.3 is 14.8 Å². The molecule has 0 saturated heterocycles. The highest BCUT2D eigenvalue weighted by atomic mass is 16.5. The molecule has 0 radical (unpaired) electrons. The van der Waals surface area contributed by atoms with Crippen LogP contribution in [0.5, 0.6) is 11.5 Å². The van der Waals surface area contributed by atoms with Crippen molar-refractivity contribution in [3.05, 3.63) is 41.2 Å². The second-order valence-corrected chi connectivity index (χ2v) is 5.61. The molecule has 1 aliphatic heterocycles. The van der Waals surface area contributed by atoms with Gasteiger partial charge in [0.15, 0.2) is 11.5 Å². The van der Waals surface area contributed by atoms with E-state index in [-0.39, 0.29) is 0 Å². The van der Waals surface area contributed by atoms with Crippen LogP contribution >= 0.6 is 0 Å². The predicted molar refractivity (Wildman–Crippen MR) is 85.5 cm³/mol. The van der Waals surface area contributed by atoms with Crippen LogP contribution in [-0.2, 0) is 19.5 Å². The summed E-state index contributed by atoms with van der Waals surface area (Å²) in [5.74, 6) is 1.70. The molecule has 2 heterocycles. The number of methoxy groups -OCH3 is 1. The Kier molecular flexibility index (Phi) is 4.34. The number of aromatic nitrogens is 2. The first-order valence-corrected chi connectivity index (χ1v) is 7.76. The van der Waals surface area contributed by atoms with Crippen molar-refractivity contribution >= 4 is 0 Å². The molecule has 0 unspecified atom stereocenters. The lowest BCUT2D eigenvalue weighted by molar-refractivity contribution is 0.226. The summed E-state index contributed by atoms with van der Waals surface area (Å²) in [6, 6.07) is 6.36. The molecule has 1 atom stereocenters. The molecule has 0 bridgehead atoms. The maximum atomic E-state index is 5.89. The summed E-state index contributed by atoms with van der Waals surface area (Å²) >= 11 is 0. The minimum Gasteiger partial charge on any atom is -0.493 e. The van der Waals surface area contributed by atoms with Crippen LogP contribution in [0, 0.1) is 6.92 Å². The Labute approximate surface area is 131 Å². The van der Waals surface area contributed by atoms with E-state index >= 15 is 0 Å². The Hall–Kier alpha value is -2.01. The topological polar surface area (TPSA) is 48.3 Å². The van der Waals surface area contributed by atoms with Crippen molar-refractivity contribution in [3.8, 4) is 11.5 Å². The van der Waals surface area contributed by atoms with Crippen LogP contribution in [0.4, 0.5) is 0 Å². The van der Waals surface area contributed by atoms with E-state index < -0.39 is 0 Å². The van der Waals surface area contributed by atoms with Gasteiger partial charge in [0.2, 0.25) is 0 Å². The van der Waals surface area contributed by atoms with E-state index in [1.165, 1.54) is 16.8 Å². The van der Waals surface area contributed by atoms with Crippen molar-refractivity contribution < 1.29 is 9.47 Å². The smallest absolute Gasteiger partial charge is 0.164 e. The van der Waals surface area contributed by atoms with Crippen molar-refractivity contribution in [2.24, 2.45) is 0 Å². The molecule has 5 heteroatoms. The van der Waals surface area contributed by atoms with E-state index in [1.807, 2.05) is 23.0 Å². The lowest BCUT2D eigenvalue weighted by Crippen LogP contribution is -2.39. The fourth-order valence-electron chi connectivity index (χ4n) is 2.92. The maximum absolute atomic E-state index is 5.89. The van der Waals surface area contributed by atoms with E-state index in [9.17, 15) is 0 Å². The Morgan fingerprint density at radius 2 is 2.32 bits per heavy atom. The quantitative estimate of drug-likeness (QED) is 0.920. The minimum atomic E-state index is 0.309. The van der Waals surface area contributed by atoms with Crippen LogP contribution in [-0.4, -0.2) is 29.5 Å². The van der Waals surface area contributed by atoms with Crippen molar-refractivity contribution in [1.82, 2.24) is 15.1 Å². The lowest BCUT2D eigenvalue weighted by atomic mass is 10.0. The first kappa shape index (κ1) is 14.9. The monoisotopic (exact) mass is 301 g/mol. The number of ether oxygens (including phenoxy) is 2. The van der Waals surface area contributed by atoms with E-state index in [2.05, 4.69) is 30.3 Å². The van der Waals surface area contributed by atoms with Crippen LogP contribution < -0.4 is 14.8 Å². The van der Waals surface area contributed by atoms with Gasteiger partial charge in [0.05, 0.1) is 13.3 Å². The number of rotatable bonds is 5. The first-order valence-electron chi connectivity index (χ1n) is 7.76. The highest BCUT2D eigenvalue weighted by Crippen LogP contribution is 2.34. The first-order chi connectivity index (χ1) is 10.7. The molecule has 0 aliphatic carbocycles. The Bertz CT molecular complexity index is 651. The molecule has 1 aromatic heterocycles. The number of fused-ring (bicyclic) bond motifs is 1. The fourth-order valence-corrected chi connectivity index (χ4v) is 2.92. The minimum absolute atomic E-state index is 0.309. The molecule has 22 heavy (non-hydrogen) atoms. The van der Waals surface area contributed by atoms with Crippen LogP contribution in [0.1, 0.15) is 23.7 Å². The number of nitrogens with zero attached hydrogens (tertiary/aromatic N) is 2. The van der Waals surface area contributed by atoms with Gasteiger partial charge in [-0.2, -0.15) is 5.10 Å². The van der Waals surface area contributed by atoms with Gasteiger partial charge in [-0.3, -0.25) is 4.68 Å². The Morgan fingerprint density at radius 1 is 1.45 bits per heavy atom. The van der Waals surface area contributed by atoms with Crippen molar-refractivity contribution in [3.63, 3.8) is 0 Å². The molecular formula is C17H23N3O2. The van der Waals surface area contributed by atoms with Gasteiger partial charge in [-0.25, -0.2) is 0 Å². The van der Waals surface area contributed by atoms with Crippen LogP contribution in [0.25, 0.3) is 0 Å². The Balaban J connectivity index is 1.64. The summed E-state index contributed by atoms with van der Waals surface area (Å²) in [4.78, 5) is 0. The van der Waals surface area contributed by atoms with Crippen LogP contribution in [0.2, 0.25) is 0 Å². The normalized spacial score (nSPS) is 17.0. The maximum Gasteiger partial charge on any atom is 0.164 e. The number of para-hydroxylation sites is 1. The van der Waals surface area contributed by atoms with E-state index in [4.69, 9.17) is 9.47 Å². The Morgan fingerprint density at radius 3 is 3.05 bits per heavy atom. The van der Waals surface area contributed by atoms with Gasteiger partial charge in [0.1, 0.15) is 6.61 Å². The number of hydrogen-bond donors (Lipinski definition) is 1. The van der Waals surface area contributed by atoms with Gasteiger partial charge in [-0.15, -0.1) is 0 Å². The molecule has 1 N–H and O–H groups in total. The van der Waals surface area contributed by atoms with E-state index in [1.54, 1.807) is 7.11 Å². The number of benzene rings is 1. The predicted octanol–water partition coefficient (Wildman–Crippen LogP) is 2.31. The average Bonchev–Trinajstić information content (AvgIpc) is 2.92. The lowest BCUT2D eigenvalue weighted by Gasteiger charge is -2.27. The van der Waals surface area contributed by atoms with Crippen LogP contribution in [0.3, 0.4) is 0 Å². The second kappa shape index (κ2) is 6.40. The third-order valence-corrected chi connectivity index (χ3v) is 4.26. The summed E-state index contributed by atoms with van der Waals surface area (Å²) in [5.41, 5.74) is 3.68. The fraction of sp³-hybridized carbons (Fsp3) is 0.471. The molecule has 3 rings (SSSR count).